The standard InChI is InChI=1S/C17H14ClF3N4O2S/c1-2-25-10-22-23-16(25)12-5-3-4-6-14(12)24-28(26,27)15-9-11(17(19,20)21)7-8-13(15)18/h3-10,24H,2H2,1H3. The van der Waals surface area contributed by atoms with E-state index >= 15 is 0 Å². The van der Waals surface area contributed by atoms with E-state index in [0.29, 0.717) is 24.0 Å². The van der Waals surface area contributed by atoms with Gasteiger partial charge in [0.25, 0.3) is 10.0 Å². The number of hydrogen-bond acceptors (Lipinski definition) is 4. The highest BCUT2D eigenvalue weighted by Crippen LogP contribution is 2.35. The van der Waals surface area contributed by atoms with Crippen LogP contribution in [0.25, 0.3) is 11.4 Å². The Bertz CT molecular complexity index is 1110. The average molecular weight is 431 g/mol. The highest BCUT2D eigenvalue weighted by molar-refractivity contribution is 7.92. The lowest BCUT2D eigenvalue weighted by Gasteiger charge is -2.15. The second-order valence-corrected chi connectivity index (χ2v) is 7.79. The van der Waals surface area contributed by atoms with Gasteiger partial charge in [-0.1, -0.05) is 23.7 Å². The Kier molecular flexibility index (Phi) is 5.35. The van der Waals surface area contributed by atoms with Gasteiger partial charge in [-0.15, -0.1) is 10.2 Å². The quantitative estimate of drug-likeness (QED) is 0.649. The summed E-state index contributed by atoms with van der Waals surface area (Å²) in [6.45, 7) is 2.41. The lowest BCUT2D eigenvalue weighted by atomic mass is 10.1. The van der Waals surface area contributed by atoms with Gasteiger partial charge in [0.2, 0.25) is 0 Å². The van der Waals surface area contributed by atoms with Gasteiger partial charge in [0.05, 0.1) is 16.3 Å². The van der Waals surface area contributed by atoms with Gasteiger partial charge in [-0.25, -0.2) is 8.42 Å². The summed E-state index contributed by atoms with van der Waals surface area (Å²) in [5.41, 5.74) is -0.552. The molecule has 0 atom stereocenters. The van der Waals surface area contributed by atoms with Gasteiger partial charge >= 0.3 is 6.18 Å². The first-order valence-corrected chi connectivity index (χ1v) is 9.86. The first-order valence-electron chi connectivity index (χ1n) is 8.00. The van der Waals surface area contributed by atoms with Crippen LogP contribution in [0.1, 0.15) is 12.5 Å². The highest BCUT2D eigenvalue weighted by Gasteiger charge is 2.33. The van der Waals surface area contributed by atoms with Crippen LogP contribution in [0, 0.1) is 0 Å². The van der Waals surface area contributed by atoms with Crippen LogP contribution in [0.5, 0.6) is 0 Å². The van der Waals surface area contributed by atoms with Gasteiger partial charge in [-0.3, -0.25) is 4.72 Å². The molecule has 0 aliphatic rings. The minimum atomic E-state index is -4.70. The summed E-state index contributed by atoms with van der Waals surface area (Å²) in [7, 11) is -4.40. The van der Waals surface area contributed by atoms with E-state index in [9.17, 15) is 21.6 Å². The number of rotatable bonds is 5. The van der Waals surface area contributed by atoms with Crippen molar-refractivity contribution in [2.24, 2.45) is 0 Å². The fourth-order valence-corrected chi connectivity index (χ4v) is 4.15. The number of halogens is 4. The monoisotopic (exact) mass is 430 g/mol. The third kappa shape index (κ3) is 3.97. The van der Waals surface area contributed by atoms with Crippen LogP contribution in [0.2, 0.25) is 5.02 Å². The predicted molar refractivity (Wildman–Crippen MR) is 98.4 cm³/mol. The molecular formula is C17H14ClF3N4O2S. The van der Waals surface area contributed by atoms with E-state index < -0.39 is 26.7 Å². The largest absolute Gasteiger partial charge is 0.416 e. The maximum Gasteiger partial charge on any atom is 0.416 e. The van der Waals surface area contributed by atoms with Crippen molar-refractivity contribution in [2.75, 3.05) is 4.72 Å². The maximum absolute atomic E-state index is 13.0. The molecule has 0 fully saturated rings. The van der Waals surface area contributed by atoms with Crippen LogP contribution in [-0.2, 0) is 22.7 Å². The molecule has 148 valence electrons. The third-order valence-electron chi connectivity index (χ3n) is 3.92. The first-order chi connectivity index (χ1) is 13.1. The van der Waals surface area contributed by atoms with Gasteiger partial charge in [0.15, 0.2) is 5.82 Å². The molecular weight excluding hydrogens is 417 g/mol. The van der Waals surface area contributed by atoms with Gasteiger partial charge < -0.3 is 4.57 Å². The lowest BCUT2D eigenvalue weighted by Crippen LogP contribution is -2.16. The zero-order valence-corrected chi connectivity index (χ0v) is 16.0. The predicted octanol–water partition coefficient (Wildman–Crippen LogP) is 4.44. The Morgan fingerprint density at radius 1 is 1.18 bits per heavy atom. The van der Waals surface area contributed by atoms with Crippen LogP contribution in [-0.4, -0.2) is 23.2 Å². The smallest absolute Gasteiger partial charge is 0.314 e. The molecule has 3 aromatic rings. The van der Waals surface area contributed by atoms with Crippen molar-refractivity contribution in [3.05, 3.63) is 59.4 Å². The fraction of sp³-hybridized carbons (Fsp3) is 0.176. The zero-order chi connectivity index (χ0) is 20.5. The molecule has 0 saturated carbocycles. The number of aromatic nitrogens is 3. The summed E-state index contributed by atoms with van der Waals surface area (Å²) in [5, 5.41) is 7.47. The molecule has 0 aliphatic carbocycles. The first kappa shape index (κ1) is 20.2. The van der Waals surface area contributed by atoms with Crippen LogP contribution < -0.4 is 4.72 Å². The van der Waals surface area contributed by atoms with Gasteiger partial charge in [0, 0.05) is 12.1 Å². The molecule has 0 bridgehead atoms. The number of alkyl halides is 3. The Labute approximate surface area is 164 Å². The van der Waals surface area contributed by atoms with Crippen molar-refractivity contribution in [3.8, 4) is 11.4 Å². The molecule has 11 heteroatoms. The number of nitrogens with zero attached hydrogens (tertiary/aromatic N) is 3. The summed E-state index contributed by atoms with van der Waals surface area (Å²) in [6, 6.07) is 8.49. The van der Waals surface area contributed by atoms with Gasteiger partial charge in [-0.05, 0) is 37.3 Å². The Morgan fingerprint density at radius 3 is 2.57 bits per heavy atom. The summed E-state index contributed by atoms with van der Waals surface area (Å²) in [6.07, 6.45) is -3.21. The summed E-state index contributed by atoms with van der Waals surface area (Å²) >= 11 is 5.87. The molecule has 0 amide bonds. The molecule has 28 heavy (non-hydrogen) atoms. The number of benzene rings is 2. The molecule has 6 nitrogen and oxygen atoms in total. The van der Waals surface area contributed by atoms with Crippen molar-refractivity contribution in [2.45, 2.75) is 24.5 Å². The van der Waals surface area contributed by atoms with E-state index in [0.717, 1.165) is 12.1 Å². The van der Waals surface area contributed by atoms with Crippen molar-refractivity contribution >= 4 is 27.3 Å². The average Bonchev–Trinajstić information content (AvgIpc) is 3.09. The van der Waals surface area contributed by atoms with Crippen molar-refractivity contribution in [1.29, 1.82) is 0 Å². The number of hydrogen-bond donors (Lipinski definition) is 1. The molecule has 0 radical (unpaired) electrons. The number of anilines is 1. The molecule has 1 heterocycles. The maximum atomic E-state index is 13.0. The molecule has 1 aromatic heterocycles. The second-order valence-electron chi connectivity index (χ2n) is 5.73. The Morgan fingerprint density at radius 2 is 1.89 bits per heavy atom. The Hall–Kier alpha value is -2.59. The van der Waals surface area contributed by atoms with Crippen LogP contribution in [0.3, 0.4) is 0 Å². The van der Waals surface area contributed by atoms with E-state index in [4.69, 9.17) is 11.6 Å². The Balaban J connectivity index is 2.06. The normalized spacial score (nSPS) is 12.2. The van der Waals surface area contributed by atoms with E-state index in [1.54, 1.807) is 22.8 Å². The van der Waals surface area contributed by atoms with Crippen LogP contribution in [0.15, 0.2) is 53.7 Å². The zero-order valence-electron chi connectivity index (χ0n) is 14.4. The SMILES string of the molecule is CCn1cnnc1-c1ccccc1NS(=O)(=O)c1cc(C(F)(F)F)ccc1Cl. The summed E-state index contributed by atoms with van der Waals surface area (Å²) in [4.78, 5) is -0.671. The molecule has 0 saturated heterocycles. The molecule has 0 spiro atoms. The van der Waals surface area contributed by atoms with E-state index in [1.165, 1.54) is 12.4 Å². The van der Waals surface area contributed by atoms with Crippen molar-refractivity contribution in [1.82, 2.24) is 14.8 Å². The number of aryl methyl sites for hydroxylation is 1. The van der Waals surface area contributed by atoms with Crippen LogP contribution in [0.4, 0.5) is 18.9 Å². The van der Waals surface area contributed by atoms with Crippen molar-refractivity contribution < 1.29 is 21.6 Å². The molecule has 0 aliphatic heterocycles. The molecule has 3 rings (SSSR count). The van der Waals surface area contributed by atoms with E-state index in [1.807, 2.05) is 6.92 Å². The summed E-state index contributed by atoms with van der Waals surface area (Å²) < 4.78 is 68.5. The minimum absolute atomic E-state index is 0.138. The third-order valence-corrected chi connectivity index (χ3v) is 5.76. The van der Waals surface area contributed by atoms with Crippen molar-refractivity contribution in [3.63, 3.8) is 0 Å². The highest BCUT2D eigenvalue weighted by atomic mass is 35.5. The molecule has 2 aromatic carbocycles. The molecule has 1 N–H and O–H groups in total. The van der Waals surface area contributed by atoms with E-state index in [-0.39, 0.29) is 10.7 Å². The second kappa shape index (κ2) is 7.44. The number of sulfonamides is 1. The van der Waals surface area contributed by atoms with Gasteiger partial charge in [0.1, 0.15) is 11.2 Å². The van der Waals surface area contributed by atoms with E-state index in [2.05, 4.69) is 14.9 Å². The number of nitrogens with one attached hydrogen (secondary N) is 1. The van der Waals surface area contributed by atoms with Gasteiger partial charge in [-0.2, -0.15) is 13.2 Å². The minimum Gasteiger partial charge on any atom is -0.314 e. The topological polar surface area (TPSA) is 76.9 Å². The number of para-hydroxylation sites is 1. The fourth-order valence-electron chi connectivity index (χ4n) is 2.55. The van der Waals surface area contributed by atoms with Crippen LogP contribution >= 0.6 is 11.6 Å². The lowest BCUT2D eigenvalue weighted by molar-refractivity contribution is -0.137. The molecule has 0 unspecified atom stereocenters. The summed E-state index contributed by atoms with van der Waals surface area (Å²) in [5.74, 6) is 0.413.